The Kier molecular flexibility index (Phi) is 13.1. The summed E-state index contributed by atoms with van der Waals surface area (Å²) in [6, 6.07) is 2.54. The zero-order valence-corrected chi connectivity index (χ0v) is 22.0. The molecule has 0 aromatic carbocycles. The molecule has 0 fully saturated rings. The third kappa shape index (κ3) is 8.26. The van der Waals surface area contributed by atoms with Gasteiger partial charge in [0.2, 0.25) is 0 Å². The zero-order valence-electron chi connectivity index (χ0n) is 20.0. The van der Waals surface area contributed by atoms with Crippen LogP contribution >= 0.6 is 0 Å². The molecule has 0 heterocycles. The normalized spacial score (nSPS) is 14.2. The lowest BCUT2D eigenvalue weighted by atomic mass is 10.2. The standard InChI is InChI=1S/C21H46O5Si2/c1-10-12-14-16-27(21(4,5)6,17-15-13-11-2)26-20(22)19(3)18-28(23-7,24-8)25-9/h19H,10-18H2,1-9H3. The van der Waals surface area contributed by atoms with Gasteiger partial charge in [-0.1, -0.05) is 80.1 Å². The molecule has 0 aliphatic heterocycles. The number of carbonyl (C=O) groups is 1. The van der Waals surface area contributed by atoms with Gasteiger partial charge in [0.1, 0.15) is 0 Å². The van der Waals surface area contributed by atoms with Gasteiger partial charge >= 0.3 is 8.80 Å². The average molecular weight is 435 g/mol. The lowest BCUT2D eigenvalue weighted by Gasteiger charge is -2.43. The molecule has 1 atom stereocenters. The van der Waals surface area contributed by atoms with Crippen LogP contribution in [0.15, 0.2) is 0 Å². The second kappa shape index (κ2) is 13.2. The average Bonchev–Trinajstić information content (AvgIpc) is 2.65. The lowest BCUT2D eigenvalue weighted by Crippen LogP contribution is -2.51. The highest BCUT2D eigenvalue weighted by atomic mass is 28.4. The third-order valence-electron chi connectivity index (χ3n) is 5.92. The van der Waals surface area contributed by atoms with Gasteiger partial charge in [-0.05, 0) is 17.1 Å². The van der Waals surface area contributed by atoms with E-state index in [1.54, 1.807) is 21.3 Å². The van der Waals surface area contributed by atoms with Crippen LogP contribution in [0.5, 0.6) is 0 Å². The zero-order chi connectivity index (χ0) is 21.8. The molecule has 0 amide bonds. The van der Waals surface area contributed by atoms with E-state index in [-0.39, 0.29) is 16.9 Å². The van der Waals surface area contributed by atoms with E-state index < -0.39 is 17.1 Å². The van der Waals surface area contributed by atoms with Gasteiger partial charge in [-0.25, -0.2) is 0 Å². The summed E-state index contributed by atoms with van der Waals surface area (Å²) in [5, 5.41) is 0.0160. The monoisotopic (exact) mass is 434 g/mol. The Morgan fingerprint density at radius 2 is 1.29 bits per heavy atom. The lowest BCUT2D eigenvalue weighted by molar-refractivity contribution is -0.139. The first kappa shape index (κ1) is 27.8. The fraction of sp³-hybridized carbons (Fsp3) is 0.952. The van der Waals surface area contributed by atoms with Crippen LogP contribution in [0.3, 0.4) is 0 Å². The van der Waals surface area contributed by atoms with E-state index in [0.29, 0.717) is 6.04 Å². The SMILES string of the molecule is CCCCC[Si](CCCCC)(OC(=O)C(C)C[Si](OC)(OC)OC)C(C)(C)C. The van der Waals surface area contributed by atoms with Gasteiger partial charge in [-0.2, -0.15) is 0 Å². The molecule has 28 heavy (non-hydrogen) atoms. The Bertz CT molecular complexity index is 415. The maximum absolute atomic E-state index is 13.2. The van der Waals surface area contributed by atoms with Crippen LogP contribution in [0.4, 0.5) is 0 Å². The maximum Gasteiger partial charge on any atom is 0.501 e. The van der Waals surface area contributed by atoms with Crippen molar-refractivity contribution in [3.8, 4) is 0 Å². The van der Waals surface area contributed by atoms with E-state index in [4.69, 9.17) is 17.7 Å². The molecule has 0 aromatic rings. The van der Waals surface area contributed by atoms with Crippen LogP contribution in [0, 0.1) is 5.92 Å². The van der Waals surface area contributed by atoms with Crippen molar-refractivity contribution in [2.45, 2.75) is 103 Å². The van der Waals surface area contributed by atoms with Crippen molar-refractivity contribution in [1.82, 2.24) is 0 Å². The maximum atomic E-state index is 13.2. The van der Waals surface area contributed by atoms with Gasteiger partial charge in [-0.3, -0.25) is 4.79 Å². The summed E-state index contributed by atoms with van der Waals surface area (Å²) in [4.78, 5) is 13.2. The molecule has 168 valence electrons. The smallest absolute Gasteiger partial charge is 0.501 e. The largest absolute Gasteiger partial charge is 0.518 e. The van der Waals surface area contributed by atoms with Crippen LogP contribution in [-0.2, 0) is 22.5 Å². The highest BCUT2D eigenvalue weighted by molar-refractivity contribution is 6.78. The summed E-state index contributed by atoms with van der Waals surface area (Å²) in [7, 11) is -0.319. The van der Waals surface area contributed by atoms with Crippen LogP contribution in [0.25, 0.3) is 0 Å². The molecule has 0 saturated heterocycles. The highest BCUT2D eigenvalue weighted by Crippen LogP contribution is 2.45. The van der Waals surface area contributed by atoms with E-state index in [0.717, 1.165) is 24.9 Å². The van der Waals surface area contributed by atoms with Gasteiger partial charge in [-0.15, -0.1) is 0 Å². The molecule has 0 radical (unpaired) electrons. The quantitative estimate of drug-likeness (QED) is 0.228. The number of rotatable bonds is 15. The molecule has 7 heteroatoms. The third-order valence-corrected chi connectivity index (χ3v) is 14.5. The molecular formula is C21H46O5Si2. The number of hydrogen-bond donors (Lipinski definition) is 0. The minimum Gasteiger partial charge on any atom is -0.518 e. The molecule has 0 spiro atoms. The van der Waals surface area contributed by atoms with Crippen molar-refractivity contribution >= 4 is 23.1 Å². The molecule has 0 rings (SSSR count). The van der Waals surface area contributed by atoms with Crippen molar-refractivity contribution < 1.29 is 22.5 Å². The van der Waals surface area contributed by atoms with Gasteiger partial charge in [0.05, 0.1) is 5.92 Å². The molecule has 0 bridgehead atoms. The molecule has 0 aliphatic rings. The van der Waals surface area contributed by atoms with Gasteiger partial charge < -0.3 is 17.7 Å². The van der Waals surface area contributed by atoms with Crippen molar-refractivity contribution in [3.05, 3.63) is 0 Å². The topological polar surface area (TPSA) is 54.0 Å². The van der Waals surface area contributed by atoms with E-state index >= 15 is 0 Å². The predicted molar refractivity (Wildman–Crippen MR) is 121 cm³/mol. The second-order valence-corrected chi connectivity index (χ2v) is 16.7. The van der Waals surface area contributed by atoms with Crippen LogP contribution in [0.2, 0.25) is 23.2 Å². The molecule has 5 nitrogen and oxygen atoms in total. The van der Waals surface area contributed by atoms with Crippen molar-refractivity contribution in [1.29, 1.82) is 0 Å². The Morgan fingerprint density at radius 3 is 1.61 bits per heavy atom. The molecule has 0 saturated carbocycles. The Labute approximate surface area is 176 Å². The summed E-state index contributed by atoms with van der Waals surface area (Å²) in [5.74, 6) is -0.421. The summed E-state index contributed by atoms with van der Waals surface area (Å²) in [5.41, 5.74) is 0. The number of carbonyl (C=O) groups excluding carboxylic acids is 1. The van der Waals surface area contributed by atoms with Crippen LogP contribution in [0.1, 0.15) is 80.1 Å². The van der Waals surface area contributed by atoms with Gasteiger partial charge in [0.25, 0.3) is 14.3 Å². The van der Waals surface area contributed by atoms with Crippen LogP contribution in [-0.4, -0.2) is 44.4 Å². The van der Waals surface area contributed by atoms with E-state index in [2.05, 4.69) is 34.6 Å². The molecule has 0 aromatic heterocycles. The summed E-state index contributed by atoms with van der Waals surface area (Å²) >= 11 is 0. The first-order valence-electron chi connectivity index (χ1n) is 10.9. The van der Waals surface area contributed by atoms with Crippen LogP contribution < -0.4 is 0 Å². The Hall–Kier alpha value is -0.216. The second-order valence-electron chi connectivity index (χ2n) is 8.98. The Balaban J connectivity index is 5.49. The van der Waals surface area contributed by atoms with Gasteiger partial charge in [0, 0.05) is 27.4 Å². The van der Waals surface area contributed by atoms with Crippen molar-refractivity contribution in [2.24, 2.45) is 5.92 Å². The van der Waals surface area contributed by atoms with E-state index in [1.165, 1.54) is 25.7 Å². The summed E-state index contributed by atoms with van der Waals surface area (Å²) < 4.78 is 23.0. The highest BCUT2D eigenvalue weighted by Gasteiger charge is 2.50. The van der Waals surface area contributed by atoms with Crippen molar-refractivity contribution in [3.63, 3.8) is 0 Å². The first-order chi connectivity index (χ1) is 13.1. The first-order valence-corrected chi connectivity index (χ1v) is 15.2. The molecule has 0 N–H and O–H groups in total. The molecule has 0 aliphatic carbocycles. The Morgan fingerprint density at radius 1 is 0.857 bits per heavy atom. The predicted octanol–water partition coefficient (Wildman–Crippen LogP) is 6.17. The number of unbranched alkanes of at least 4 members (excludes halogenated alkanes) is 4. The summed E-state index contributed by atoms with van der Waals surface area (Å²) in [6.45, 7) is 13.1. The van der Waals surface area contributed by atoms with Gasteiger partial charge in [0.15, 0.2) is 0 Å². The summed E-state index contributed by atoms with van der Waals surface area (Å²) in [6.07, 6.45) is 7.02. The fourth-order valence-corrected chi connectivity index (χ4v) is 10.1. The molecule has 1 unspecified atom stereocenters. The number of hydrogen-bond acceptors (Lipinski definition) is 5. The minimum atomic E-state index is -2.81. The van der Waals surface area contributed by atoms with E-state index in [1.807, 2.05) is 6.92 Å². The van der Waals surface area contributed by atoms with Crippen molar-refractivity contribution in [2.75, 3.05) is 21.3 Å². The fourth-order valence-electron chi connectivity index (χ4n) is 3.70. The van der Waals surface area contributed by atoms with E-state index in [9.17, 15) is 4.79 Å². The minimum absolute atomic E-state index is 0.0160. The molecular weight excluding hydrogens is 388 g/mol.